The summed E-state index contributed by atoms with van der Waals surface area (Å²) in [5.41, 5.74) is 4.59. The van der Waals surface area contributed by atoms with E-state index in [0.29, 0.717) is 57.5 Å². The van der Waals surface area contributed by atoms with Crippen LogP contribution in [0.2, 0.25) is 0 Å². The van der Waals surface area contributed by atoms with Crippen molar-refractivity contribution >= 4 is 16.9 Å². The van der Waals surface area contributed by atoms with Crippen LogP contribution in [0.25, 0.3) is 33.5 Å². The Labute approximate surface area is 227 Å². The first-order valence-electron chi connectivity index (χ1n) is 12.7. The molecule has 0 spiro atoms. The van der Waals surface area contributed by atoms with Crippen molar-refractivity contribution in [1.82, 2.24) is 15.3 Å². The van der Waals surface area contributed by atoms with Crippen LogP contribution in [0.1, 0.15) is 23.2 Å². The third-order valence-electron chi connectivity index (χ3n) is 6.75. The quantitative estimate of drug-likeness (QED) is 0.327. The standard InChI is InChI=1S/C30H31N3O6/c1-35-24-11-8-18(15-26(24)37-3)28-29(19-9-12-25(36-2)27(16-19)38-4)33-23-14-20(7-10-22(23)32-28)30(34)31-17-21-6-5-13-39-21/h7-12,14-16,21H,5-6,13,17H2,1-4H3,(H,31,34)/t21-/m0/s1. The summed E-state index contributed by atoms with van der Waals surface area (Å²) in [5.74, 6) is 2.19. The van der Waals surface area contributed by atoms with Crippen molar-refractivity contribution in [1.29, 1.82) is 0 Å². The Hall–Kier alpha value is -4.37. The van der Waals surface area contributed by atoms with E-state index in [1.807, 2.05) is 42.5 Å². The molecular weight excluding hydrogens is 498 g/mol. The van der Waals surface area contributed by atoms with Gasteiger partial charge in [-0.2, -0.15) is 0 Å². The molecule has 2 heterocycles. The number of ether oxygens (including phenoxy) is 5. The summed E-state index contributed by atoms with van der Waals surface area (Å²) in [4.78, 5) is 22.9. The molecule has 0 aliphatic carbocycles. The van der Waals surface area contributed by atoms with Crippen LogP contribution in [0.4, 0.5) is 0 Å². The molecule has 5 rings (SSSR count). The van der Waals surface area contributed by atoms with Gasteiger partial charge in [0.2, 0.25) is 0 Å². The lowest BCUT2D eigenvalue weighted by molar-refractivity contribution is 0.0858. The van der Waals surface area contributed by atoms with Crippen molar-refractivity contribution in [3.63, 3.8) is 0 Å². The molecule has 39 heavy (non-hydrogen) atoms. The zero-order chi connectivity index (χ0) is 27.4. The maximum Gasteiger partial charge on any atom is 0.251 e. The van der Waals surface area contributed by atoms with Crippen LogP contribution < -0.4 is 24.3 Å². The van der Waals surface area contributed by atoms with Crippen LogP contribution in [0, 0.1) is 0 Å². The Morgan fingerprint density at radius 3 is 1.92 bits per heavy atom. The predicted molar refractivity (Wildman–Crippen MR) is 148 cm³/mol. The molecule has 4 aromatic rings. The lowest BCUT2D eigenvalue weighted by Gasteiger charge is -2.15. The van der Waals surface area contributed by atoms with Gasteiger partial charge in [0.25, 0.3) is 5.91 Å². The third-order valence-corrected chi connectivity index (χ3v) is 6.75. The molecule has 0 unspecified atom stereocenters. The van der Waals surface area contributed by atoms with E-state index in [2.05, 4.69) is 5.32 Å². The molecule has 1 N–H and O–H groups in total. The number of nitrogens with one attached hydrogen (secondary N) is 1. The second-order valence-corrected chi connectivity index (χ2v) is 9.11. The molecule has 1 atom stereocenters. The average Bonchev–Trinajstić information content (AvgIpc) is 3.52. The molecule has 202 valence electrons. The van der Waals surface area contributed by atoms with Gasteiger partial charge in [0.1, 0.15) is 0 Å². The van der Waals surface area contributed by atoms with Crippen molar-refractivity contribution in [2.45, 2.75) is 18.9 Å². The number of nitrogens with zero attached hydrogens (tertiary/aromatic N) is 2. The van der Waals surface area contributed by atoms with Crippen LogP contribution in [0.3, 0.4) is 0 Å². The fraction of sp³-hybridized carbons (Fsp3) is 0.300. The molecule has 0 saturated carbocycles. The highest BCUT2D eigenvalue weighted by Gasteiger charge is 2.20. The molecule has 1 fully saturated rings. The maximum atomic E-state index is 12.9. The Morgan fingerprint density at radius 2 is 1.38 bits per heavy atom. The van der Waals surface area contributed by atoms with E-state index in [9.17, 15) is 4.79 Å². The van der Waals surface area contributed by atoms with Crippen molar-refractivity contribution < 1.29 is 28.5 Å². The molecule has 9 heteroatoms. The minimum Gasteiger partial charge on any atom is -0.493 e. The van der Waals surface area contributed by atoms with E-state index in [4.69, 9.17) is 33.7 Å². The molecule has 0 radical (unpaired) electrons. The second-order valence-electron chi connectivity index (χ2n) is 9.11. The van der Waals surface area contributed by atoms with Crippen molar-refractivity contribution in [3.8, 4) is 45.5 Å². The van der Waals surface area contributed by atoms with Gasteiger partial charge in [-0.3, -0.25) is 4.79 Å². The van der Waals surface area contributed by atoms with Gasteiger partial charge in [0, 0.05) is 29.8 Å². The summed E-state index contributed by atoms with van der Waals surface area (Å²) in [6.45, 7) is 1.23. The van der Waals surface area contributed by atoms with E-state index < -0.39 is 0 Å². The van der Waals surface area contributed by atoms with Crippen molar-refractivity contribution in [2.24, 2.45) is 0 Å². The zero-order valence-corrected chi connectivity index (χ0v) is 22.4. The maximum absolute atomic E-state index is 12.9. The number of rotatable bonds is 9. The summed E-state index contributed by atoms with van der Waals surface area (Å²) in [5, 5.41) is 2.97. The smallest absolute Gasteiger partial charge is 0.251 e. The number of fused-ring (bicyclic) bond motifs is 1. The Morgan fingerprint density at radius 1 is 0.795 bits per heavy atom. The summed E-state index contributed by atoms with van der Waals surface area (Å²) < 4.78 is 27.5. The third kappa shape index (κ3) is 5.44. The van der Waals surface area contributed by atoms with Crippen LogP contribution in [0.5, 0.6) is 23.0 Å². The van der Waals surface area contributed by atoms with Crippen LogP contribution in [0.15, 0.2) is 54.6 Å². The summed E-state index contributed by atoms with van der Waals surface area (Å²) in [6, 6.07) is 16.5. The van der Waals surface area contributed by atoms with Gasteiger partial charge >= 0.3 is 0 Å². The Bertz CT molecular complexity index is 1500. The minimum atomic E-state index is -0.175. The second kappa shape index (κ2) is 11.6. The monoisotopic (exact) mass is 529 g/mol. The van der Waals surface area contributed by atoms with Gasteiger partial charge in [-0.15, -0.1) is 0 Å². The van der Waals surface area contributed by atoms with Crippen LogP contribution in [-0.4, -0.2) is 63.6 Å². The highest BCUT2D eigenvalue weighted by atomic mass is 16.5. The van der Waals surface area contributed by atoms with Gasteiger partial charge in [-0.25, -0.2) is 9.97 Å². The number of carbonyl (C=O) groups is 1. The van der Waals surface area contributed by atoms with E-state index in [1.54, 1.807) is 40.6 Å². The molecule has 1 aromatic heterocycles. The van der Waals surface area contributed by atoms with Gasteiger partial charge in [-0.05, 0) is 67.4 Å². The van der Waals surface area contributed by atoms with E-state index in [-0.39, 0.29) is 12.0 Å². The molecular formula is C30H31N3O6. The number of hydrogen-bond acceptors (Lipinski definition) is 8. The van der Waals surface area contributed by atoms with Crippen LogP contribution >= 0.6 is 0 Å². The molecule has 9 nitrogen and oxygen atoms in total. The molecule has 1 aliphatic heterocycles. The highest BCUT2D eigenvalue weighted by molar-refractivity contribution is 5.98. The average molecular weight is 530 g/mol. The lowest BCUT2D eigenvalue weighted by atomic mass is 10.0. The Kier molecular flexibility index (Phi) is 7.79. The fourth-order valence-electron chi connectivity index (χ4n) is 4.68. The summed E-state index contributed by atoms with van der Waals surface area (Å²) in [7, 11) is 6.36. The molecule has 1 aliphatic rings. The summed E-state index contributed by atoms with van der Waals surface area (Å²) in [6.07, 6.45) is 2.04. The first kappa shape index (κ1) is 26.2. The first-order valence-corrected chi connectivity index (χ1v) is 12.7. The van der Waals surface area contributed by atoms with Gasteiger partial charge in [-0.1, -0.05) is 0 Å². The zero-order valence-electron chi connectivity index (χ0n) is 22.4. The summed E-state index contributed by atoms with van der Waals surface area (Å²) >= 11 is 0. The van der Waals surface area contributed by atoms with Crippen LogP contribution in [-0.2, 0) is 4.74 Å². The number of amides is 1. The van der Waals surface area contributed by atoms with E-state index >= 15 is 0 Å². The van der Waals surface area contributed by atoms with Gasteiger partial charge < -0.3 is 29.0 Å². The lowest BCUT2D eigenvalue weighted by Crippen LogP contribution is -2.31. The first-order chi connectivity index (χ1) is 19.0. The van der Waals surface area contributed by atoms with E-state index in [1.165, 1.54) is 0 Å². The highest BCUT2D eigenvalue weighted by Crippen LogP contribution is 2.39. The molecule has 1 saturated heterocycles. The van der Waals surface area contributed by atoms with Gasteiger partial charge in [0.05, 0.1) is 57.0 Å². The van der Waals surface area contributed by atoms with Crippen molar-refractivity contribution in [3.05, 3.63) is 60.2 Å². The SMILES string of the molecule is COc1ccc(-c2nc3ccc(C(=O)NC[C@@H]4CCCO4)cc3nc2-c2ccc(OC)c(OC)c2)cc1OC. The molecule has 3 aromatic carbocycles. The topological polar surface area (TPSA) is 101 Å². The predicted octanol–water partition coefficient (Wildman–Crippen LogP) is 4.91. The largest absolute Gasteiger partial charge is 0.493 e. The Balaban J connectivity index is 1.61. The number of carbonyl (C=O) groups excluding carboxylic acids is 1. The number of aromatic nitrogens is 2. The number of benzene rings is 3. The minimum absolute atomic E-state index is 0.0647. The molecule has 1 amide bonds. The molecule has 0 bridgehead atoms. The normalized spacial score (nSPS) is 14.7. The number of hydrogen-bond donors (Lipinski definition) is 1. The fourth-order valence-corrected chi connectivity index (χ4v) is 4.68. The number of methoxy groups -OCH3 is 4. The van der Waals surface area contributed by atoms with E-state index in [0.717, 1.165) is 30.6 Å². The van der Waals surface area contributed by atoms with Gasteiger partial charge in [0.15, 0.2) is 23.0 Å². The van der Waals surface area contributed by atoms with Crippen molar-refractivity contribution in [2.75, 3.05) is 41.6 Å².